The predicted molar refractivity (Wildman–Crippen MR) is 108 cm³/mol. The van der Waals surface area contributed by atoms with Crippen molar-refractivity contribution < 1.29 is 32.9 Å². The number of aliphatic hydroxyl groups is 1. The number of aliphatic carboxylic acids is 1. The zero-order chi connectivity index (χ0) is 23.5. The first-order chi connectivity index (χ1) is 14.7. The third-order valence-corrected chi connectivity index (χ3v) is 5.53. The van der Waals surface area contributed by atoms with Crippen LogP contribution in [-0.2, 0) is 11.0 Å². The summed E-state index contributed by atoms with van der Waals surface area (Å²) in [5.41, 5.74) is -1.14. The quantitative estimate of drug-likeness (QED) is 0.667. The SMILES string of the molecule is C#C.CC.COc1c(N2C[C@@H]3C(CC(=O)O)[C@@H]3C2)nc(N2CC(O)C2)nc1C(F)(F)F. The molecule has 3 aliphatic rings. The van der Waals surface area contributed by atoms with Crippen LogP contribution in [-0.4, -0.2) is 65.5 Å². The van der Waals surface area contributed by atoms with Gasteiger partial charge in [0.2, 0.25) is 5.95 Å². The van der Waals surface area contributed by atoms with Gasteiger partial charge in [-0.05, 0) is 17.8 Å². The van der Waals surface area contributed by atoms with Crippen LogP contribution >= 0.6 is 0 Å². The molecule has 2 N–H and O–H groups in total. The number of terminal acetylenes is 1. The van der Waals surface area contributed by atoms with Crippen LogP contribution < -0.4 is 14.5 Å². The van der Waals surface area contributed by atoms with Gasteiger partial charge in [0.1, 0.15) is 0 Å². The molecule has 3 atom stereocenters. The third kappa shape index (κ3) is 4.95. The first-order valence-corrected chi connectivity index (χ1v) is 9.95. The number of nitrogens with zero attached hydrogens (tertiary/aromatic N) is 4. The Kier molecular flexibility index (Phi) is 7.59. The van der Waals surface area contributed by atoms with Gasteiger partial charge in [0.15, 0.2) is 17.3 Å². The number of halogens is 3. The molecule has 1 aliphatic carbocycles. The summed E-state index contributed by atoms with van der Waals surface area (Å²) in [6.07, 6.45) is 2.76. The molecule has 3 fully saturated rings. The van der Waals surface area contributed by atoms with Gasteiger partial charge < -0.3 is 24.7 Å². The van der Waals surface area contributed by atoms with Gasteiger partial charge in [0.05, 0.1) is 13.2 Å². The van der Waals surface area contributed by atoms with Crippen LogP contribution in [0.4, 0.5) is 24.9 Å². The molecule has 0 radical (unpaired) electrons. The highest BCUT2D eigenvalue weighted by Gasteiger charge is 2.57. The van der Waals surface area contributed by atoms with Crippen LogP contribution in [0.15, 0.2) is 0 Å². The summed E-state index contributed by atoms with van der Waals surface area (Å²) in [6, 6.07) is 0. The summed E-state index contributed by atoms with van der Waals surface area (Å²) in [7, 11) is 1.15. The largest absolute Gasteiger partial charge is 0.491 e. The number of carboxylic acids is 1. The van der Waals surface area contributed by atoms with E-state index in [4.69, 9.17) is 9.84 Å². The number of ether oxygens (including phenoxy) is 1. The van der Waals surface area contributed by atoms with E-state index in [0.717, 1.165) is 7.11 Å². The summed E-state index contributed by atoms with van der Waals surface area (Å²) < 4.78 is 45.6. The topological polar surface area (TPSA) is 99.0 Å². The average molecular weight is 444 g/mol. The molecule has 11 heteroatoms. The van der Waals surface area contributed by atoms with Gasteiger partial charge in [0, 0.05) is 32.6 Å². The van der Waals surface area contributed by atoms with E-state index in [1.54, 1.807) is 4.90 Å². The monoisotopic (exact) mass is 444 g/mol. The van der Waals surface area contributed by atoms with Crippen molar-refractivity contribution in [2.45, 2.75) is 32.5 Å². The molecule has 0 spiro atoms. The molecular formula is C20H27F3N4O4. The van der Waals surface area contributed by atoms with E-state index < -0.39 is 29.7 Å². The van der Waals surface area contributed by atoms with E-state index in [-0.39, 0.29) is 49.0 Å². The molecule has 172 valence electrons. The molecule has 1 aromatic heterocycles. The molecule has 8 nitrogen and oxygen atoms in total. The van der Waals surface area contributed by atoms with E-state index in [1.807, 2.05) is 13.8 Å². The fourth-order valence-corrected chi connectivity index (χ4v) is 4.11. The number of carbonyl (C=O) groups is 1. The normalized spacial score (nSPS) is 24.1. The maximum absolute atomic E-state index is 13.5. The number of anilines is 2. The van der Waals surface area contributed by atoms with Crippen LogP contribution in [0.1, 0.15) is 26.0 Å². The van der Waals surface area contributed by atoms with Crippen molar-refractivity contribution in [3.05, 3.63) is 5.69 Å². The minimum atomic E-state index is -4.71. The molecule has 4 rings (SSSR count). The highest BCUT2D eigenvalue weighted by Crippen LogP contribution is 2.55. The number of aromatic nitrogens is 2. The predicted octanol–water partition coefficient (Wildman–Crippen LogP) is 2.12. The smallest absolute Gasteiger partial charge is 0.437 e. The van der Waals surface area contributed by atoms with Crippen molar-refractivity contribution in [2.75, 3.05) is 43.1 Å². The number of carboxylic acid groups (broad SMARTS) is 1. The number of methoxy groups -OCH3 is 1. The number of piperidine rings is 1. The maximum Gasteiger partial charge on any atom is 0.437 e. The van der Waals surface area contributed by atoms with Gasteiger partial charge in [-0.2, -0.15) is 18.2 Å². The summed E-state index contributed by atoms with van der Waals surface area (Å²) in [6.45, 7) is 5.23. The highest BCUT2D eigenvalue weighted by molar-refractivity contribution is 5.68. The zero-order valence-corrected chi connectivity index (χ0v) is 17.6. The van der Waals surface area contributed by atoms with Crippen LogP contribution in [0.25, 0.3) is 0 Å². The van der Waals surface area contributed by atoms with Crippen molar-refractivity contribution >= 4 is 17.7 Å². The van der Waals surface area contributed by atoms with Crippen LogP contribution in [0, 0.1) is 30.6 Å². The van der Waals surface area contributed by atoms with Crippen molar-refractivity contribution in [2.24, 2.45) is 17.8 Å². The van der Waals surface area contributed by atoms with E-state index in [2.05, 4.69) is 22.8 Å². The maximum atomic E-state index is 13.5. The van der Waals surface area contributed by atoms with Gasteiger partial charge in [0.25, 0.3) is 0 Å². The molecule has 31 heavy (non-hydrogen) atoms. The van der Waals surface area contributed by atoms with E-state index in [0.29, 0.717) is 13.1 Å². The lowest BCUT2D eigenvalue weighted by Crippen LogP contribution is -2.51. The molecule has 1 aromatic rings. The van der Waals surface area contributed by atoms with E-state index in [1.165, 1.54) is 4.90 Å². The Hall–Kier alpha value is -2.74. The second-order valence-electron chi connectivity index (χ2n) is 7.28. The lowest BCUT2D eigenvalue weighted by molar-refractivity contribution is -0.142. The van der Waals surface area contributed by atoms with Gasteiger partial charge in [-0.3, -0.25) is 4.79 Å². The Morgan fingerprint density at radius 3 is 2.10 bits per heavy atom. The Morgan fingerprint density at radius 1 is 1.13 bits per heavy atom. The molecule has 2 saturated heterocycles. The van der Waals surface area contributed by atoms with Crippen LogP contribution in [0.5, 0.6) is 5.75 Å². The lowest BCUT2D eigenvalue weighted by atomic mass is 10.2. The van der Waals surface area contributed by atoms with Crippen molar-refractivity contribution in [1.82, 2.24) is 9.97 Å². The standard InChI is InChI=1S/C16H19F3N4O4.C2H6.C2H2/c1-27-12-13(16(17,18)19)20-15(23-3-7(24)4-23)21-14(12)22-5-9-8(2-11(25)26)10(9)6-22;2*1-2/h7-10,24H,2-6H2,1H3,(H,25,26);1-2H3;1-2H/t8?,9-,10+;;. The number of fused-ring (bicyclic) bond motifs is 1. The van der Waals surface area contributed by atoms with E-state index >= 15 is 0 Å². The van der Waals surface area contributed by atoms with Crippen molar-refractivity contribution in [1.29, 1.82) is 0 Å². The summed E-state index contributed by atoms with van der Waals surface area (Å²) in [4.78, 5) is 22.0. The fourth-order valence-electron chi connectivity index (χ4n) is 4.11. The second-order valence-corrected chi connectivity index (χ2v) is 7.28. The molecule has 2 aliphatic heterocycles. The number of hydrogen-bond acceptors (Lipinski definition) is 7. The average Bonchev–Trinajstić information content (AvgIpc) is 3.14. The minimum Gasteiger partial charge on any atom is -0.491 e. The van der Waals surface area contributed by atoms with Crippen LogP contribution in [0.2, 0.25) is 0 Å². The minimum absolute atomic E-state index is 0.0671. The molecule has 0 bridgehead atoms. The lowest BCUT2D eigenvalue weighted by Gasteiger charge is -2.36. The summed E-state index contributed by atoms with van der Waals surface area (Å²) >= 11 is 0. The molecule has 1 unspecified atom stereocenters. The number of β-amino-alcohol motifs (C(OH)–C–C–N with tert-alkyl or cyclic N) is 1. The molecule has 1 saturated carbocycles. The number of aliphatic hydroxyl groups excluding tert-OH is 1. The molecule has 0 amide bonds. The summed E-state index contributed by atoms with van der Waals surface area (Å²) in [5, 5.41) is 18.3. The number of hydrogen-bond donors (Lipinski definition) is 2. The van der Waals surface area contributed by atoms with Crippen LogP contribution in [0.3, 0.4) is 0 Å². The Bertz CT molecular complexity index is 800. The first kappa shape index (κ1) is 24.5. The molecule has 0 aromatic carbocycles. The van der Waals surface area contributed by atoms with Crippen molar-refractivity contribution in [3.8, 4) is 18.6 Å². The third-order valence-electron chi connectivity index (χ3n) is 5.53. The van der Waals surface area contributed by atoms with Gasteiger partial charge in [-0.1, -0.05) is 13.8 Å². The van der Waals surface area contributed by atoms with Gasteiger partial charge in [-0.15, -0.1) is 12.8 Å². The first-order valence-electron chi connectivity index (χ1n) is 9.95. The molecular weight excluding hydrogens is 417 g/mol. The van der Waals surface area contributed by atoms with Gasteiger partial charge in [-0.25, -0.2) is 4.98 Å². The molecule has 3 heterocycles. The number of rotatable bonds is 5. The fraction of sp³-hybridized carbons (Fsp3) is 0.650. The number of alkyl halides is 3. The van der Waals surface area contributed by atoms with Gasteiger partial charge >= 0.3 is 12.1 Å². The Balaban J connectivity index is 0.000000807. The van der Waals surface area contributed by atoms with Crippen molar-refractivity contribution in [3.63, 3.8) is 0 Å². The van der Waals surface area contributed by atoms with E-state index in [9.17, 15) is 23.1 Å². The Labute approximate surface area is 179 Å². The highest BCUT2D eigenvalue weighted by atomic mass is 19.4. The zero-order valence-electron chi connectivity index (χ0n) is 17.6. The summed E-state index contributed by atoms with van der Waals surface area (Å²) in [5.74, 6) is -0.960. The second kappa shape index (κ2) is 9.60. The Morgan fingerprint density at radius 2 is 1.68 bits per heavy atom.